The second-order valence-corrected chi connectivity index (χ2v) is 5.08. The van der Waals surface area contributed by atoms with Crippen molar-refractivity contribution < 1.29 is 13.9 Å². The summed E-state index contributed by atoms with van der Waals surface area (Å²) < 4.78 is 19.3. The van der Waals surface area contributed by atoms with E-state index in [1.54, 1.807) is 19.2 Å². The lowest BCUT2D eigenvalue weighted by Crippen LogP contribution is -2.02. The van der Waals surface area contributed by atoms with Gasteiger partial charge in [-0.15, -0.1) is 0 Å². The molecule has 0 bridgehead atoms. The Morgan fingerprint density at radius 2 is 1.96 bits per heavy atom. The molecule has 1 heterocycles. The van der Waals surface area contributed by atoms with Crippen molar-refractivity contribution in [2.24, 2.45) is 0 Å². The quantitative estimate of drug-likeness (QED) is 0.576. The van der Waals surface area contributed by atoms with Gasteiger partial charge in [0, 0.05) is 17.7 Å². The van der Waals surface area contributed by atoms with Gasteiger partial charge < -0.3 is 9.72 Å². The average molecular weight is 309 g/mol. The molecule has 2 aromatic carbocycles. The van der Waals surface area contributed by atoms with Crippen LogP contribution in [0.1, 0.15) is 18.1 Å². The smallest absolute Gasteiger partial charge is 0.331 e. The molecule has 23 heavy (non-hydrogen) atoms. The number of nitrogens with one attached hydrogen (secondary N) is 1. The van der Waals surface area contributed by atoms with E-state index >= 15 is 0 Å². The molecule has 3 nitrogen and oxygen atoms in total. The molecule has 4 heteroatoms. The highest BCUT2D eigenvalue weighted by molar-refractivity contribution is 5.98. The van der Waals surface area contributed by atoms with E-state index in [9.17, 15) is 9.18 Å². The first-order chi connectivity index (χ1) is 11.2. The number of aromatic nitrogens is 1. The van der Waals surface area contributed by atoms with Gasteiger partial charge in [-0.1, -0.05) is 30.3 Å². The van der Waals surface area contributed by atoms with E-state index in [0.29, 0.717) is 23.3 Å². The number of hydrogen-bond acceptors (Lipinski definition) is 2. The fourth-order valence-electron chi connectivity index (χ4n) is 2.53. The van der Waals surface area contributed by atoms with Gasteiger partial charge in [-0.2, -0.15) is 0 Å². The van der Waals surface area contributed by atoms with Crippen molar-refractivity contribution in [3.63, 3.8) is 0 Å². The Morgan fingerprint density at radius 3 is 2.70 bits per heavy atom. The van der Waals surface area contributed by atoms with E-state index in [0.717, 1.165) is 10.9 Å². The van der Waals surface area contributed by atoms with Gasteiger partial charge in [0.05, 0.1) is 12.1 Å². The lowest BCUT2D eigenvalue weighted by molar-refractivity contribution is -0.137. The molecular weight excluding hydrogens is 293 g/mol. The fraction of sp³-hybridized carbons (Fsp3) is 0.105. The van der Waals surface area contributed by atoms with Gasteiger partial charge in [-0.05, 0) is 41.8 Å². The molecule has 0 fully saturated rings. The summed E-state index contributed by atoms with van der Waals surface area (Å²) in [5.41, 5.74) is 2.55. The molecule has 0 atom stereocenters. The van der Waals surface area contributed by atoms with E-state index in [-0.39, 0.29) is 5.82 Å². The molecule has 0 saturated heterocycles. The second-order valence-electron chi connectivity index (χ2n) is 5.08. The van der Waals surface area contributed by atoms with Crippen molar-refractivity contribution in [2.45, 2.75) is 6.92 Å². The summed E-state index contributed by atoms with van der Waals surface area (Å²) in [7, 11) is 0. The number of hydrogen-bond donors (Lipinski definition) is 1. The van der Waals surface area contributed by atoms with Gasteiger partial charge in [0.25, 0.3) is 0 Å². The van der Waals surface area contributed by atoms with E-state index in [1.807, 2.05) is 36.4 Å². The van der Waals surface area contributed by atoms with Gasteiger partial charge in [0.15, 0.2) is 0 Å². The normalized spacial score (nSPS) is 11.7. The van der Waals surface area contributed by atoms with Crippen LogP contribution in [0.3, 0.4) is 0 Å². The molecule has 0 aliphatic carbocycles. The molecule has 1 N–H and O–H groups in total. The summed E-state index contributed by atoms with van der Waals surface area (Å²) in [5, 5.41) is 0.755. The Balaban J connectivity index is 2.15. The Hall–Kier alpha value is -2.88. The molecule has 0 aliphatic heterocycles. The maximum absolute atomic E-state index is 14.3. The van der Waals surface area contributed by atoms with E-state index in [1.165, 1.54) is 12.1 Å². The highest BCUT2D eigenvalue weighted by Gasteiger charge is 2.12. The molecular formula is C19H16FNO2. The lowest BCUT2D eigenvalue weighted by atomic mass is 9.96. The Kier molecular flexibility index (Phi) is 4.24. The van der Waals surface area contributed by atoms with Gasteiger partial charge in [-0.25, -0.2) is 9.18 Å². The van der Waals surface area contributed by atoms with Crippen LogP contribution < -0.4 is 0 Å². The highest BCUT2D eigenvalue weighted by Crippen LogP contribution is 2.28. The lowest BCUT2D eigenvalue weighted by Gasteiger charge is -2.09. The van der Waals surface area contributed by atoms with Gasteiger partial charge in [0.1, 0.15) is 5.82 Å². The SMILES string of the molecule is CCOC(=O)C=C(c1ccccc1)c1cc(F)c2[nH]ccc2c1. The third-order valence-electron chi connectivity index (χ3n) is 3.56. The van der Waals surface area contributed by atoms with Crippen LogP contribution in [0, 0.1) is 5.82 Å². The Morgan fingerprint density at radius 1 is 1.17 bits per heavy atom. The Bertz CT molecular complexity index is 865. The monoisotopic (exact) mass is 309 g/mol. The van der Waals surface area contributed by atoms with Crippen molar-refractivity contribution in [1.29, 1.82) is 0 Å². The zero-order chi connectivity index (χ0) is 16.2. The molecule has 116 valence electrons. The zero-order valence-electron chi connectivity index (χ0n) is 12.7. The van der Waals surface area contributed by atoms with Crippen LogP contribution in [-0.4, -0.2) is 17.6 Å². The molecule has 3 aromatic rings. The number of aromatic amines is 1. The second kappa shape index (κ2) is 6.48. The third kappa shape index (κ3) is 3.16. The summed E-state index contributed by atoms with van der Waals surface area (Å²) >= 11 is 0. The number of esters is 1. The summed E-state index contributed by atoms with van der Waals surface area (Å²) in [6, 6.07) is 14.5. The first kappa shape index (κ1) is 15.0. The van der Waals surface area contributed by atoms with Gasteiger partial charge >= 0.3 is 5.97 Å². The van der Waals surface area contributed by atoms with Crippen molar-refractivity contribution in [3.05, 3.63) is 77.7 Å². The van der Waals surface area contributed by atoms with E-state index in [4.69, 9.17) is 4.74 Å². The van der Waals surface area contributed by atoms with Crippen molar-refractivity contribution in [2.75, 3.05) is 6.61 Å². The summed E-state index contributed by atoms with van der Waals surface area (Å²) in [4.78, 5) is 14.8. The first-order valence-electron chi connectivity index (χ1n) is 7.40. The van der Waals surface area contributed by atoms with E-state index in [2.05, 4.69) is 4.98 Å². The van der Waals surface area contributed by atoms with Crippen LogP contribution in [0.5, 0.6) is 0 Å². The number of ether oxygens (including phenoxy) is 1. The van der Waals surface area contributed by atoms with Crippen molar-refractivity contribution in [3.8, 4) is 0 Å². The molecule has 0 spiro atoms. The largest absolute Gasteiger partial charge is 0.463 e. The summed E-state index contributed by atoms with van der Waals surface area (Å²) in [6.07, 6.45) is 3.10. The van der Waals surface area contributed by atoms with Crippen molar-refractivity contribution in [1.82, 2.24) is 4.98 Å². The minimum Gasteiger partial charge on any atom is -0.463 e. The van der Waals surface area contributed by atoms with Crippen LogP contribution in [0.15, 0.2) is 60.8 Å². The minimum atomic E-state index is -0.444. The molecule has 3 rings (SSSR count). The number of carbonyl (C=O) groups excluding carboxylic acids is 1. The third-order valence-corrected chi connectivity index (χ3v) is 3.56. The predicted octanol–water partition coefficient (Wildman–Crippen LogP) is 4.30. The molecule has 0 unspecified atom stereocenters. The van der Waals surface area contributed by atoms with E-state index < -0.39 is 5.97 Å². The topological polar surface area (TPSA) is 42.1 Å². The fourth-order valence-corrected chi connectivity index (χ4v) is 2.53. The standard InChI is InChI=1S/C19H16FNO2/c1-2-23-18(22)12-16(13-6-4-3-5-7-13)15-10-14-8-9-21-19(14)17(20)11-15/h3-12,21H,2H2,1H3. The van der Waals surface area contributed by atoms with Crippen LogP contribution in [0.4, 0.5) is 4.39 Å². The molecule has 1 aromatic heterocycles. The first-order valence-corrected chi connectivity index (χ1v) is 7.40. The summed E-state index contributed by atoms with van der Waals surface area (Å²) in [5.74, 6) is -0.797. The van der Waals surface area contributed by atoms with Gasteiger partial charge in [0.2, 0.25) is 0 Å². The van der Waals surface area contributed by atoms with Gasteiger partial charge in [-0.3, -0.25) is 0 Å². The van der Waals surface area contributed by atoms with Crippen LogP contribution in [-0.2, 0) is 9.53 Å². The predicted molar refractivity (Wildman–Crippen MR) is 88.4 cm³/mol. The zero-order valence-corrected chi connectivity index (χ0v) is 12.7. The maximum Gasteiger partial charge on any atom is 0.331 e. The average Bonchev–Trinajstić information content (AvgIpc) is 3.03. The molecule has 0 saturated carbocycles. The van der Waals surface area contributed by atoms with Crippen molar-refractivity contribution >= 4 is 22.4 Å². The number of halogens is 1. The molecule has 0 amide bonds. The number of benzene rings is 2. The highest BCUT2D eigenvalue weighted by atomic mass is 19.1. The Labute approximate surface area is 133 Å². The molecule has 0 radical (unpaired) electrons. The number of carbonyl (C=O) groups is 1. The number of H-pyrrole nitrogens is 1. The van der Waals surface area contributed by atoms with Crippen LogP contribution >= 0.6 is 0 Å². The van der Waals surface area contributed by atoms with Crippen LogP contribution in [0.2, 0.25) is 0 Å². The van der Waals surface area contributed by atoms with Crippen LogP contribution in [0.25, 0.3) is 16.5 Å². The maximum atomic E-state index is 14.3. The number of fused-ring (bicyclic) bond motifs is 1. The minimum absolute atomic E-state index is 0.294. The number of rotatable bonds is 4. The molecule has 0 aliphatic rings. The summed E-state index contributed by atoms with van der Waals surface area (Å²) in [6.45, 7) is 2.04.